The number of amides is 1. The minimum absolute atomic E-state index is 0.0541. The number of nitrogens with one attached hydrogen (secondary N) is 1. The maximum absolute atomic E-state index is 12.6. The molecule has 27 heavy (non-hydrogen) atoms. The predicted octanol–water partition coefficient (Wildman–Crippen LogP) is 4.06. The molecule has 0 saturated heterocycles. The highest BCUT2D eigenvalue weighted by molar-refractivity contribution is 8.00. The number of rotatable bonds is 5. The highest BCUT2D eigenvalue weighted by Gasteiger charge is 2.18. The third-order valence-corrected chi connectivity index (χ3v) is 5.83. The largest absolute Gasteiger partial charge is 0.341 e. The summed E-state index contributed by atoms with van der Waals surface area (Å²) < 4.78 is 4.10. The topological polar surface area (TPSA) is 64.7 Å². The molecule has 2 aromatic heterocycles. The van der Waals surface area contributed by atoms with Crippen LogP contribution in [0, 0.1) is 0 Å². The molecule has 0 spiro atoms. The molecule has 7 heteroatoms. The second kappa shape index (κ2) is 7.08. The summed E-state index contributed by atoms with van der Waals surface area (Å²) in [6, 6.07) is 14.5. The molecule has 0 aliphatic carbocycles. The van der Waals surface area contributed by atoms with Crippen molar-refractivity contribution in [2.75, 3.05) is 5.32 Å². The van der Waals surface area contributed by atoms with Crippen LogP contribution in [0.1, 0.15) is 13.8 Å². The van der Waals surface area contributed by atoms with Gasteiger partial charge in [-0.05, 0) is 38.1 Å². The Kier molecular flexibility index (Phi) is 4.61. The quantitative estimate of drug-likeness (QED) is 0.531. The molecule has 0 bridgehead atoms. The second-order valence-electron chi connectivity index (χ2n) is 6.47. The van der Waals surface area contributed by atoms with E-state index in [1.165, 1.54) is 28.2 Å². The van der Waals surface area contributed by atoms with E-state index in [1.54, 1.807) is 10.9 Å². The van der Waals surface area contributed by atoms with Gasteiger partial charge in [0.1, 0.15) is 6.33 Å². The van der Waals surface area contributed by atoms with Gasteiger partial charge in [0, 0.05) is 41.1 Å². The second-order valence-corrected chi connectivity index (χ2v) is 7.78. The number of aryl methyl sites for hydroxylation is 2. The summed E-state index contributed by atoms with van der Waals surface area (Å²) >= 11 is 1.39. The smallest absolute Gasteiger partial charge is 0.237 e. The summed E-state index contributed by atoms with van der Waals surface area (Å²) in [6.07, 6.45) is 1.63. The number of fused-ring (bicyclic) bond motifs is 3. The Hall–Kier alpha value is -2.80. The van der Waals surface area contributed by atoms with Crippen LogP contribution < -0.4 is 5.32 Å². The summed E-state index contributed by atoms with van der Waals surface area (Å²) in [7, 11) is 1.87. The average molecular weight is 379 g/mol. The van der Waals surface area contributed by atoms with E-state index in [9.17, 15) is 4.79 Å². The van der Waals surface area contributed by atoms with Crippen molar-refractivity contribution in [3.05, 3.63) is 48.8 Å². The van der Waals surface area contributed by atoms with Gasteiger partial charge in [-0.25, -0.2) is 0 Å². The zero-order valence-electron chi connectivity index (χ0n) is 15.5. The Bertz CT molecular complexity index is 1130. The lowest BCUT2D eigenvalue weighted by Crippen LogP contribution is -2.22. The van der Waals surface area contributed by atoms with Crippen LogP contribution in [0.15, 0.2) is 53.9 Å². The fourth-order valence-electron chi connectivity index (χ4n) is 3.31. The number of hydrogen-bond donors (Lipinski definition) is 1. The van der Waals surface area contributed by atoms with Crippen LogP contribution >= 0.6 is 11.8 Å². The fraction of sp³-hybridized carbons (Fsp3) is 0.250. The van der Waals surface area contributed by atoms with Gasteiger partial charge in [-0.15, -0.1) is 10.2 Å². The maximum atomic E-state index is 12.6. The van der Waals surface area contributed by atoms with Crippen LogP contribution in [0.3, 0.4) is 0 Å². The van der Waals surface area contributed by atoms with Crippen molar-refractivity contribution in [2.45, 2.75) is 30.8 Å². The number of para-hydroxylation sites is 1. The van der Waals surface area contributed by atoms with Crippen molar-refractivity contribution >= 4 is 45.2 Å². The highest BCUT2D eigenvalue weighted by Crippen LogP contribution is 2.31. The van der Waals surface area contributed by atoms with Gasteiger partial charge < -0.3 is 14.5 Å². The normalized spacial score (nSPS) is 12.6. The number of benzene rings is 2. The van der Waals surface area contributed by atoms with E-state index in [4.69, 9.17) is 0 Å². The molecule has 4 rings (SSSR count). The number of carbonyl (C=O) groups is 1. The molecule has 0 aliphatic rings. The molecule has 0 fully saturated rings. The lowest BCUT2D eigenvalue weighted by molar-refractivity contribution is -0.115. The summed E-state index contributed by atoms with van der Waals surface area (Å²) in [5.41, 5.74) is 3.19. The summed E-state index contributed by atoms with van der Waals surface area (Å²) in [4.78, 5) is 12.6. The van der Waals surface area contributed by atoms with Crippen molar-refractivity contribution in [1.82, 2.24) is 19.3 Å². The minimum Gasteiger partial charge on any atom is -0.341 e. The zero-order valence-corrected chi connectivity index (χ0v) is 16.3. The summed E-state index contributed by atoms with van der Waals surface area (Å²) in [6.45, 7) is 4.92. The molecule has 2 aromatic carbocycles. The summed E-state index contributed by atoms with van der Waals surface area (Å²) in [5, 5.41) is 13.7. The van der Waals surface area contributed by atoms with Gasteiger partial charge in [0.25, 0.3) is 0 Å². The van der Waals surface area contributed by atoms with Crippen molar-refractivity contribution in [2.24, 2.45) is 7.05 Å². The van der Waals surface area contributed by atoms with E-state index in [0.29, 0.717) is 0 Å². The SMILES string of the molecule is CCn1c2ccccc2c2cc(NC(=O)[C@H](C)Sc3nncn3C)ccc21. The van der Waals surface area contributed by atoms with Crippen LogP contribution in [-0.2, 0) is 18.4 Å². The molecule has 4 aromatic rings. The van der Waals surface area contributed by atoms with Crippen LogP contribution in [-0.4, -0.2) is 30.5 Å². The lowest BCUT2D eigenvalue weighted by atomic mass is 10.1. The first-order valence-corrected chi connectivity index (χ1v) is 9.79. The Labute approximate surface area is 161 Å². The molecule has 0 aliphatic heterocycles. The molecule has 0 unspecified atom stereocenters. The van der Waals surface area contributed by atoms with Gasteiger partial charge in [-0.1, -0.05) is 30.0 Å². The first-order valence-electron chi connectivity index (χ1n) is 8.91. The van der Waals surface area contributed by atoms with Crippen molar-refractivity contribution in [3.63, 3.8) is 0 Å². The van der Waals surface area contributed by atoms with E-state index >= 15 is 0 Å². The molecule has 6 nitrogen and oxygen atoms in total. The molecule has 0 saturated carbocycles. The highest BCUT2D eigenvalue weighted by atomic mass is 32.2. The number of nitrogens with zero attached hydrogens (tertiary/aromatic N) is 4. The van der Waals surface area contributed by atoms with Gasteiger partial charge in [0.15, 0.2) is 5.16 Å². The number of thioether (sulfide) groups is 1. The van der Waals surface area contributed by atoms with E-state index in [0.717, 1.165) is 22.8 Å². The molecule has 1 amide bonds. The monoisotopic (exact) mass is 379 g/mol. The van der Waals surface area contributed by atoms with Gasteiger partial charge in [-0.3, -0.25) is 4.79 Å². The Balaban J connectivity index is 1.61. The third-order valence-electron chi connectivity index (χ3n) is 4.68. The van der Waals surface area contributed by atoms with Crippen LogP contribution in [0.25, 0.3) is 21.8 Å². The van der Waals surface area contributed by atoms with E-state index in [1.807, 2.05) is 26.1 Å². The third kappa shape index (κ3) is 3.19. The first kappa shape index (κ1) is 17.6. The van der Waals surface area contributed by atoms with E-state index in [-0.39, 0.29) is 11.2 Å². The standard InChI is InChI=1S/C20H21N5OS/c1-4-25-17-8-6-5-7-15(17)16-11-14(9-10-18(16)25)22-19(26)13(2)27-20-23-21-12-24(20)3/h5-13H,4H2,1-3H3,(H,22,26)/t13-/m0/s1. The molecular formula is C20H21N5OS. The van der Waals surface area contributed by atoms with Crippen LogP contribution in [0.5, 0.6) is 0 Å². The Morgan fingerprint density at radius 3 is 2.70 bits per heavy atom. The van der Waals surface area contributed by atoms with Crippen molar-refractivity contribution < 1.29 is 4.79 Å². The predicted molar refractivity (Wildman–Crippen MR) is 110 cm³/mol. The van der Waals surface area contributed by atoms with Crippen LogP contribution in [0.2, 0.25) is 0 Å². The number of hydrogen-bond acceptors (Lipinski definition) is 4. The van der Waals surface area contributed by atoms with Gasteiger partial charge in [-0.2, -0.15) is 0 Å². The Morgan fingerprint density at radius 2 is 1.96 bits per heavy atom. The average Bonchev–Trinajstić information content (AvgIpc) is 3.22. The molecule has 138 valence electrons. The van der Waals surface area contributed by atoms with Gasteiger partial charge in [0.05, 0.1) is 5.25 Å². The van der Waals surface area contributed by atoms with Crippen LogP contribution in [0.4, 0.5) is 5.69 Å². The maximum Gasteiger partial charge on any atom is 0.237 e. The summed E-state index contributed by atoms with van der Waals surface area (Å²) in [5.74, 6) is -0.0541. The van der Waals surface area contributed by atoms with Gasteiger partial charge >= 0.3 is 0 Å². The zero-order chi connectivity index (χ0) is 19.0. The number of carbonyl (C=O) groups excluding carboxylic acids is 1. The van der Waals surface area contributed by atoms with Crippen molar-refractivity contribution in [1.29, 1.82) is 0 Å². The molecule has 0 radical (unpaired) electrons. The number of anilines is 1. The van der Waals surface area contributed by atoms with E-state index < -0.39 is 0 Å². The van der Waals surface area contributed by atoms with Gasteiger partial charge in [0.2, 0.25) is 5.91 Å². The fourth-order valence-corrected chi connectivity index (χ4v) is 4.10. The minimum atomic E-state index is -0.277. The molecule has 2 heterocycles. The lowest BCUT2D eigenvalue weighted by Gasteiger charge is -2.11. The first-order chi connectivity index (χ1) is 13.1. The van der Waals surface area contributed by atoms with Crippen molar-refractivity contribution in [3.8, 4) is 0 Å². The van der Waals surface area contributed by atoms with E-state index in [2.05, 4.69) is 57.3 Å². The molecular weight excluding hydrogens is 358 g/mol. The molecule has 1 atom stereocenters. The Morgan fingerprint density at radius 1 is 1.19 bits per heavy atom. The number of aromatic nitrogens is 4. The molecule has 1 N–H and O–H groups in total.